The van der Waals surface area contributed by atoms with Crippen molar-refractivity contribution in [2.24, 2.45) is 0 Å². The van der Waals surface area contributed by atoms with Gasteiger partial charge in [-0.2, -0.15) is 0 Å². The zero-order valence-electron chi connectivity index (χ0n) is 16.7. The first-order valence-electron chi connectivity index (χ1n) is 9.09. The highest BCUT2D eigenvalue weighted by Gasteiger charge is 2.19. The van der Waals surface area contributed by atoms with Gasteiger partial charge in [-0.25, -0.2) is 9.97 Å². The van der Waals surface area contributed by atoms with E-state index in [9.17, 15) is 0 Å². The molecule has 3 aromatic rings. The predicted octanol–water partition coefficient (Wildman–Crippen LogP) is 5.51. The number of halogens is 1. The van der Waals surface area contributed by atoms with Gasteiger partial charge in [0.2, 0.25) is 5.88 Å². The van der Waals surface area contributed by atoms with Crippen molar-refractivity contribution in [2.75, 3.05) is 20.8 Å². The van der Waals surface area contributed by atoms with Crippen molar-refractivity contribution < 1.29 is 9.47 Å². The Hall–Kier alpha value is -1.92. The third-order valence-electron chi connectivity index (χ3n) is 4.75. The summed E-state index contributed by atoms with van der Waals surface area (Å²) < 4.78 is 14.1. The highest BCUT2D eigenvalue weighted by molar-refractivity contribution is 9.10. The lowest BCUT2D eigenvalue weighted by atomic mass is 10.0. The van der Waals surface area contributed by atoms with E-state index in [2.05, 4.69) is 77.6 Å². The van der Waals surface area contributed by atoms with Crippen LogP contribution in [0.4, 0.5) is 0 Å². The van der Waals surface area contributed by atoms with Gasteiger partial charge in [-0.1, -0.05) is 13.8 Å². The number of hydrogen-bond donors (Lipinski definition) is 0. The second kappa shape index (κ2) is 7.98. The van der Waals surface area contributed by atoms with Crippen LogP contribution in [-0.4, -0.2) is 35.4 Å². The number of methoxy groups -OCH3 is 2. The van der Waals surface area contributed by atoms with Gasteiger partial charge in [0, 0.05) is 19.0 Å². The largest absolute Gasteiger partial charge is 0.480 e. The molecule has 6 heteroatoms. The molecule has 0 saturated heterocycles. The lowest BCUT2D eigenvalue weighted by molar-refractivity contribution is 0.164. The van der Waals surface area contributed by atoms with Gasteiger partial charge in [-0.15, -0.1) is 0 Å². The molecule has 0 aliphatic heterocycles. The molecule has 0 fully saturated rings. The van der Waals surface area contributed by atoms with Crippen LogP contribution in [0.3, 0.4) is 0 Å². The summed E-state index contributed by atoms with van der Waals surface area (Å²) in [6.45, 7) is 9.10. The van der Waals surface area contributed by atoms with E-state index in [1.54, 1.807) is 14.2 Å². The third kappa shape index (κ3) is 3.73. The molecule has 0 aliphatic rings. The molecule has 0 aliphatic carbocycles. The molecule has 0 N–H and O–H groups in total. The molecule has 3 heterocycles. The SMILES string of the molecule is COC[C@H](C)n1cc(Br)c2nc(-c3ccc(C(C)C)nc3OC)c(C)cc21. The standard InChI is InChI=1S/C21H26BrN3O2/c1-12(2)17-8-7-15(21(23-17)27-6)19-13(3)9-18-20(24-19)16(22)10-25(18)14(4)11-26-5/h7-10,12,14H,11H2,1-6H3/t14-/m0/s1. The van der Waals surface area contributed by atoms with Gasteiger partial charge in [0.1, 0.15) is 5.52 Å². The fourth-order valence-electron chi connectivity index (χ4n) is 3.30. The van der Waals surface area contributed by atoms with Crippen LogP contribution in [0, 0.1) is 6.92 Å². The number of rotatable bonds is 6. The second-order valence-corrected chi connectivity index (χ2v) is 8.01. The Morgan fingerprint density at radius 1 is 1.15 bits per heavy atom. The molecule has 0 amide bonds. The summed E-state index contributed by atoms with van der Waals surface area (Å²) in [4.78, 5) is 9.64. The molecule has 3 rings (SSSR count). The quantitative estimate of drug-likeness (QED) is 0.516. The van der Waals surface area contributed by atoms with Crippen LogP contribution in [0.1, 0.15) is 44.0 Å². The lowest BCUT2D eigenvalue weighted by Crippen LogP contribution is -2.10. The molecule has 0 spiro atoms. The van der Waals surface area contributed by atoms with Crippen LogP contribution >= 0.6 is 15.9 Å². The van der Waals surface area contributed by atoms with Crippen molar-refractivity contribution >= 4 is 27.0 Å². The fourth-order valence-corrected chi connectivity index (χ4v) is 3.81. The van der Waals surface area contributed by atoms with E-state index < -0.39 is 0 Å². The van der Waals surface area contributed by atoms with Gasteiger partial charge >= 0.3 is 0 Å². The summed E-state index contributed by atoms with van der Waals surface area (Å²) in [5, 5.41) is 0. The summed E-state index contributed by atoms with van der Waals surface area (Å²) in [5.41, 5.74) is 5.89. The van der Waals surface area contributed by atoms with Crippen molar-refractivity contribution in [1.29, 1.82) is 0 Å². The fraction of sp³-hybridized carbons (Fsp3) is 0.429. The van der Waals surface area contributed by atoms with Crippen molar-refractivity contribution in [1.82, 2.24) is 14.5 Å². The van der Waals surface area contributed by atoms with Crippen LogP contribution in [0.5, 0.6) is 5.88 Å². The Kier molecular flexibility index (Phi) is 5.86. The van der Waals surface area contributed by atoms with Crippen LogP contribution in [-0.2, 0) is 4.74 Å². The number of aromatic nitrogens is 3. The van der Waals surface area contributed by atoms with Gasteiger partial charge in [-0.05, 0) is 59.5 Å². The monoisotopic (exact) mass is 431 g/mol. The Morgan fingerprint density at radius 3 is 2.52 bits per heavy atom. The topological polar surface area (TPSA) is 49.2 Å². The number of fused-ring (bicyclic) bond motifs is 1. The van der Waals surface area contributed by atoms with Crippen LogP contribution < -0.4 is 4.74 Å². The Bertz CT molecular complexity index is 966. The third-order valence-corrected chi connectivity index (χ3v) is 5.33. The number of nitrogens with zero attached hydrogens (tertiary/aromatic N) is 3. The van der Waals surface area contributed by atoms with Crippen molar-refractivity contribution in [3.05, 3.63) is 40.1 Å². The van der Waals surface area contributed by atoms with Gasteiger partial charge in [-0.3, -0.25) is 0 Å². The van der Waals surface area contributed by atoms with E-state index in [4.69, 9.17) is 14.5 Å². The predicted molar refractivity (Wildman–Crippen MR) is 113 cm³/mol. The highest BCUT2D eigenvalue weighted by atomic mass is 79.9. The molecule has 144 valence electrons. The molecule has 5 nitrogen and oxygen atoms in total. The second-order valence-electron chi connectivity index (χ2n) is 7.16. The molecule has 27 heavy (non-hydrogen) atoms. The summed E-state index contributed by atoms with van der Waals surface area (Å²) in [6, 6.07) is 6.50. The van der Waals surface area contributed by atoms with Gasteiger partial charge in [0.15, 0.2) is 0 Å². The van der Waals surface area contributed by atoms with Crippen LogP contribution in [0.15, 0.2) is 28.9 Å². The van der Waals surface area contributed by atoms with E-state index in [0.29, 0.717) is 18.4 Å². The number of hydrogen-bond acceptors (Lipinski definition) is 4. The first-order chi connectivity index (χ1) is 12.9. The van der Waals surface area contributed by atoms with Crippen molar-refractivity contribution in [3.63, 3.8) is 0 Å². The summed E-state index contributed by atoms with van der Waals surface area (Å²) in [6.07, 6.45) is 2.07. The molecular formula is C21H26BrN3O2. The van der Waals surface area contributed by atoms with E-state index >= 15 is 0 Å². The average Bonchev–Trinajstić information content (AvgIpc) is 2.96. The molecule has 0 radical (unpaired) electrons. The maximum absolute atomic E-state index is 5.58. The average molecular weight is 432 g/mol. The van der Waals surface area contributed by atoms with Crippen LogP contribution in [0.25, 0.3) is 22.3 Å². The van der Waals surface area contributed by atoms with Crippen LogP contribution in [0.2, 0.25) is 0 Å². The molecular weight excluding hydrogens is 406 g/mol. The molecule has 1 atom stereocenters. The maximum Gasteiger partial charge on any atom is 0.222 e. The lowest BCUT2D eigenvalue weighted by Gasteiger charge is -2.16. The molecule has 0 saturated carbocycles. The highest BCUT2D eigenvalue weighted by Crippen LogP contribution is 2.35. The van der Waals surface area contributed by atoms with Gasteiger partial charge < -0.3 is 14.0 Å². The van der Waals surface area contributed by atoms with E-state index in [1.807, 2.05) is 0 Å². The first-order valence-corrected chi connectivity index (χ1v) is 9.88. The van der Waals surface area contributed by atoms with Crippen molar-refractivity contribution in [3.8, 4) is 17.1 Å². The molecule has 0 aromatic carbocycles. The van der Waals surface area contributed by atoms with E-state index in [0.717, 1.165) is 38.0 Å². The maximum atomic E-state index is 5.58. The Labute approximate surface area is 168 Å². The number of pyridine rings is 2. The zero-order chi connectivity index (χ0) is 19.7. The molecule has 0 unspecified atom stereocenters. The minimum absolute atomic E-state index is 0.220. The summed E-state index contributed by atoms with van der Waals surface area (Å²) >= 11 is 3.66. The minimum Gasteiger partial charge on any atom is -0.480 e. The van der Waals surface area contributed by atoms with E-state index in [1.165, 1.54) is 0 Å². The summed E-state index contributed by atoms with van der Waals surface area (Å²) in [5.74, 6) is 0.953. The smallest absolute Gasteiger partial charge is 0.222 e. The van der Waals surface area contributed by atoms with E-state index in [-0.39, 0.29) is 6.04 Å². The Balaban J connectivity index is 2.17. The molecule has 3 aromatic heterocycles. The summed E-state index contributed by atoms with van der Waals surface area (Å²) in [7, 11) is 3.38. The number of ether oxygens (including phenoxy) is 2. The van der Waals surface area contributed by atoms with Crippen molar-refractivity contribution in [2.45, 2.75) is 39.7 Å². The minimum atomic E-state index is 0.220. The normalized spacial score (nSPS) is 12.7. The Morgan fingerprint density at radius 2 is 1.89 bits per heavy atom. The zero-order valence-corrected chi connectivity index (χ0v) is 18.3. The number of aryl methyl sites for hydroxylation is 1. The molecule has 0 bridgehead atoms. The van der Waals surface area contributed by atoms with Gasteiger partial charge in [0.05, 0.1) is 41.0 Å². The van der Waals surface area contributed by atoms with Gasteiger partial charge in [0.25, 0.3) is 0 Å². The first kappa shape index (κ1) is 19.8.